The van der Waals surface area contributed by atoms with Crippen molar-refractivity contribution in [3.05, 3.63) is 23.8 Å². The molecule has 1 aromatic rings. The van der Waals surface area contributed by atoms with Crippen molar-refractivity contribution < 1.29 is 9.50 Å². The Labute approximate surface area is 58.3 Å². The summed E-state index contributed by atoms with van der Waals surface area (Å²) in [5.41, 5.74) is 0.590. The predicted octanol–water partition coefficient (Wildman–Crippen LogP) is 1.49. The lowest BCUT2D eigenvalue weighted by molar-refractivity contribution is 0.413. The number of halogens is 1. The minimum atomic E-state index is -0.792. The van der Waals surface area contributed by atoms with Gasteiger partial charge in [0.2, 0.25) is 0 Å². The third-order valence-corrected chi connectivity index (χ3v) is 1.34. The number of aromatic hydroxyl groups is 1. The highest BCUT2D eigenvalue weighted by atomic mass is 19.1. The zero-order chi connectivity index (χ0) is 7.56. The van der Waals surface area contributed by atoms with Crippen LogP contribution in [0.25, 0.3) is 0 Å². The van der Waals surface area contributed by atoms with Gasteiger partial charge in [-0.1, -0.05) is 6.92 Å². The normalized spacial score (nSPS) is 9.80. The van der Waals surface area contributed by atoms with Crippen molar-refractivity contribution in [1.82, 2.24) is 4.98 Å². The zero-order valence-electron chi connectivity index (χ0n) is 5.63. The van der Waals surface area contributed by atoms with Crippen molar-refractivity contribution in [3.8, 4) is 5.75 Å². The molecule has 0 spiro atoms. The zero-order valence-corrected chi connectivity index (χ0v) is 5.63. The summed E-state index contributed by atoms with van der Waals surface area (Å²) >= 11 is 0. The van der Waals surface area contributed by atoms with Crippen LogP contribution in [-0.2, 0) is 6.42 Å². The molecule has 0 atom stereocenters. The minimum Gasteiger partial charge on any atom is -0.503 e. The summed E-state index contributed by atoms with van der Waals surface area (Å²) < 4.78 is 12.4. The van der Waals surface area contributed by atoms with Crippen LogP contribution in [0.15, 0.2) is 12.3 Å². The van der Waals surface area contributed by atoms with Gasteiger partial charge >= 0.3 is 0 Å². The summed E-state index contributed by atoms with van der Waals surface area (Å²) in [6, 6.07) is 1.60. The van der Waals surface area contributed by atoms with Crippen molar-refractivity contribution in [1.29, 1.82) is 0 Å². The number of rotatable bonds is 1. The summed E-state index contributed by atoms with van der Waals surface area (Å²) in [6.07, 6.45) is 1.96. The van der Waals surface area contributed by atoms with Crippen LogP contribution in [0.2, 0.25) is 0 Å². The molecule has 1 N–H and O–H groups in total. The van der Waals surface area contributed by atoms with Crippen LogP contribution in [0, 0.1) is 5.95 Å². The third-order valence-electron chi connectivity index (χ3n) is 1.34. The molecule has 0 aromatic carbocycles. The van der Waals surface area contributed by atoms with E-state index in [1.165, 1.54) is 6.20 Å². The van der Waals surface area contributed by atoms with E-state index in [-0.39, 0.29) is 5.75 Å². The number of hydrogen-bond acceptors (Lipinski definition) is 2. The Balaban J connectivity index is 3.14. The number of nitrogens with zero attached hydrogens (tertiary/aromatic N) is 1. The van der Waals surface area contributed by atoms with Crippen LogP contribution in [0.4, 0.5) is 4.39 Å². The van der Waals surface area contributed by atoms with Crippen LogP contribution >= 0.6 is 0 Å². The van der Waals surface area contributed by atoms with Gasteiger partial charge < -0.3 is 5.11 Å². The summed E-state index contributed by atoms with van der Waals surface area (Å²) in [7, 11) is 0. The molecule has 3 heteroatoms. The largest absolute Gasteiger partial charge is 0.503 e. The standard InChI is InChI=1S/C7H8FNO/c1-2-5-3-4-9-7(8)6(5)10/h3-4,10H,2H2,1H3. The molecule has 54 valence electrons. The Morgan fingerprint density at radius 1 is 1.70 bits per heavy atom. The molecule has 1 aromatic heterocycles. The van der Waals surface area contributed by atoms with Gasteiger partial charge in [-0.25, -0.2) is 4.98 Å². The Bertz CT molecular complexity index is 237. The van der Waals surface area contributed by atoms with Crippen molar-refractivity contribution in [3.63, 3.8) is 0 Å². The molecule has 10 heavy (non-hydrogen) atoms. The van der Waals surface area contributed by atoms with E-state index in [0.717, 1.165) is 0 Å². The van der Waals surface area contributed by atoms with Gasteiger partial charge in [-0.3, -0.25) is 0 Å². The quantitative estimate of drug-likeness (QED) is 0.601. The van der Waals surface area contributed by atoms with Crippen LogP contribution in [0.1, 0.15) is 12.5 Å². The molecule has 2 nitrogen and oxygen atoms in total. The summed E-state index contributed by atoms with van der Waals surface area (Å²) in [6.45, 7) is 1.84. The van der Waals surface area contributed by atoms with Crippen LogP contribution in [-0.4, -0.2) is 10.1 Å². The average molecular weight is 141 g/mol. The first-order valence-corrected chi connectivity index (χ1v) is 3.08. The van der Waals surface area contributed by atoms with Crippen LogP contribution in [0.5, 0.6) is 5.75 Å². The fraction of sp³-hybridized carbons (Fsp3) is 0.286. The second-order valence-electron chi connectivity index (χ2n) is 1.96. The SMILES string of the molecule is CCc1ccnc(F)c1O. The molecular weight excluding hydrogens is 133 g/mol. The molecule has 0 aliphatic carbocycles. The maximum Gasteiger partial charge on any atom is 0.255 e. The fourth-order valence-electron chi connectivity index (χ4n) is 0.751. The monoisotopic (exact) mass is 141 g/mol. The summed E-state index contributed by atoms with van der Waals surface area (Å²) in [4.78, 5) is 3.27. The van der Waals surface area contributed by atoms with Gasteiger partial charge in [0.1, 0.15) is 0 Å². The highest BCUT2D eigenvalue weighted by Crippen LogP contribution is 2.18. The first-order valence-electron chi connectivity index (χ1n) is 3.08. The van der Waals surface area contributed by atoms with E-state index in [1.54, 1.807) is 6.07 Å². The van der Waals surface area contributed by atoms with E-state index in [4.69, 9.17) is 5.11 Å². The van der Waals surface area contributed by atoms with Gasteiger partial charge in [0.25, 0.3) is 5.95 Å². The smallest absolute Gasteiger partial charge is 0.255 e. The number of hydrogen-bond donors (Lipinski definition) is 1. The van der Waals surface area contributed by atoms with E-state index >= 15 is 0 Å². The van der Waals surface area contributed by atoms with Gasteiger partial charge in [-0.2, -0.15) is 4.39 Å². The van der Waals surface area contributed by atoms with Gasteiger partial charge in [-0.05, 0) is 18.1 Å². The summed E-state index contributed by atoms with van der Waals surface area (Å²) in [5, 5.41) is 8.96. The number of aryl methyl sites for hydroxylation is 1. The summed E-state index contributed by atoms with van der Waals surface area (Å²) in [5.74, 6) is -1.12. The first kappa shape index (κ1) is 6.99. The van der Waals surface area contributed by atoms with E-state index < -0.39 is 5.95 Å². The Hall–Kier alpha value is -1.12. The van der Waals surface area contributed by atoms with Crippen LogP contribution < -0.4 is 0 Å². The second kappa shape index (κ2) is 2.64. The topological polar surface area (TPSA) is 33.1 Å². The third kappa shape index (κ3) is 1.07. The van der Waals surface area contributed by atoms with E-state index in [9.17, 15) is 4.39 Å². The Morgan fingerprint density at radius 2 is 2.40 bits per heavy atom. The highest BCUT2D eigenvalue weighted by molar-refractivity contribution is 5.29. The molecule has 0 bridgehead atoms. The lowest BCUT2D eigenvalue weighted by Crippen LogP contribution is -1.87. The molecule has 0 unspecified atom stereocenters. The molecule has 0 saturated carbocycles. The number of aromatic nitrogens is 1. The predicted molar refractivity (Wildman–Crippen MR) is 35.2 cm³/mol. The lowest BCUT2D eigenvalue weighted by atomic mass is 10.2. The van der Waals surface area contributed by atoms with Crippen LogP contribution in [0.3, 0.4) is 0 Å². The maximum atomic E-state index is 12.4. The first-order chi connectivity index (χ1) is 4.75. The highest BCUT2D eigenvalue weighted by Gasteiger charge is 2.04. The molecule has 1 rings (SSSR count). The van der Waals surface area contributed by atoms with E-state index in [0.29, 0.717) is 12.0 Å². The molecule has 0 saturated heterocycles. The second-order valence-corrected chi connectivity index (χ2v) is 1.96. The Morgan fingerprint density at radius 3 is 2.90 bits per heavy atom. The van der Waals surface area contributed by atoms with Crippen molar-refractivity contribution >= 4 is 0 Å². The van der Waals surface area contributed by atoms with Gasteiger partial charge in [0.15, 0.2) is 5.75 Å². The van der Waals surface area contributed by atoms with Crippen molar-refractivity contribution in [2.24, 2.45) is 0 Å². The molecule has 0 amide bonds. The lowest BCUT2D eigenvalue weighted by Gasteiger charge is -1.98. The number of pyridine rings is 1. The van der Waals surface area contributed by atoms with Crippen molar-refractivity contribution in [2.75, 3.05) is 0 Å². The van der Waals surface area contributed by atoms with E-state index in [1.807, 2.05) is 6.92 Å². The molecule has 0 aliphatic heterocycles. The molecule has 0 aliphatic rings. The van der Waals surface area contributed by atoms with E-state index in [2.05, 4.69) is 4.98 Å². The Kier molecular flexibility index (Phi) is 1.85. The molecule has 0 fully saturated rings. The maximum absolute atomic E-state index is 12.4. The van der Waals surface area contributed by atoms with Crippen molar-refractivity contribution in [2.45, 2.75) is 13.3 Å². The molecule has 1 heterocycles. The minimum absolute atomic E-state index is 0.329. The fourth-order valence-corrected chi connectivity index (χ4v) is 0.751. The van der Waals surface area contributed by atoms with Gasteiger partial charge in [0.05, 0.1) is 0 Å². The molecule has 0 radical (unpaired) electrons. The van der Waals surface area contributed by atoms with Gasteiger partial charge in [0, 0.05) is 6.20 Å². The molecular formula is C7H8FNO. The average Bonchev–Trinajstić information content (AvgIpc) is 1.95. The van der Waals surface area contributed by atoms with Gasteiger partial charge in [-0.15, -0.1) is 0 Å².